The van der Waals surface area contributed by atoms with Crippen LogP contribution >= 0.6 is 0 Å². The van der Waals surface area contributed by atoms with Crippen molar-refractivity contribution >= 4 is 14.3 Å². The standard InChI is InChI=1S/C22H42O3Si/c1-11-14-16-17(4)18(5)21(25-26(9,10)22(6,7)8)19(15-12-2)24-20(23)13-3/h12-13,17-19,21H,2-3,11,14-16H2,1,4-10H3/t17-,18+,19+,21-/m0/s1. The molecule has 0 rings (SSSR count). The van der Waals surface area contributed by atoms with Gasteiger partial charge in [0.25, 0.3) is 0 Å². The molecule has 0 radical (unpaired) electrons. The van der Waals surface area contributed by atoms with Gasteiger partial charge in [-0.1, -0.05) is 73.5 Å². The minimum absolute atomic E-state index is 0.0960. The SMILES string of the molecule is C=CC[C@@H](OC(=O)C=C)[C@@H](O[Si](C)(C)C(C)(C)C)[C@H](C)[C@@H](C)CCCC. The van der Waals surface area contributed by atoms with E-state index >= 15 is 0 Å². The summed E-state index contributed by atoms with van der Waals surface area (Å²) in [6, 6.07) is 0. The lowest BCUT2D eigenvalue weighted by atomic mass is 9.84. The van der Waals surface area contributed by atoms with Crippen molar-refractivity contribution in [3.05, 3.63) is 25.3 Å². The highest BCUT2D eigenvalue weighted by Crippen LogP contribution is 2.40. The molecule has 0 amide bonds. The van der Waals surface area contributed by atoms with Crippen molar-refractivity contribution in [1.29, 1.82) is 0 Å². The van der Waals surface area contributed by atoms with Crippen LogP contribution in [0.25, 0.3) is 0 Å². The van der Waals surface area contributed by atoms with Crippen LogP contribution in [-0.2, 0) is 14.0 Å². The Kier molecular flexibility index (Phi) is 10.7. The fourth-order valence-corrected chi connectivity index (χ4v) is 4.16. The van der Waals surface area contributed by atoms with Crippen LogP contribution < -0.4 is 0 Å². The molecule has 4 atom stereocenters. The number of hydrogen-bond acceptors (Lipinski definition) is 3. The molecule has 26 heavy (non-hydrogen) atoms. The summed E-state index contributed by atoms with van der Waals surface area (Å²) in [4.78, 5) is 11.9. The van der Waals surface area contributed by atoms with Gasteiger partial charge in [0.2, 0.25) is 0 Å². The molecule has 0 aromatic carbocycles. The summed E-state index contributed by atoms with van der Waals surface area (Å²) in [5.41, 5.74) is 0. The molecule has 152 valence electrons. The van der Waals surface area contributed by atoms with Crippen LogP contribution in [0.3, 0.4) is 0 Å². The van der Waals surface area contributed by atoms with Gasteiger partial charge in [-0.05, 0) is 30.0 Å². The summed E-state index contributed by atoms with van der Waals surface area (Å²) in [7, 11) is -2.01. The van der Waals surface area contributed by atoms with Gasteiger partial charge in [0.15, 0.2) is 8.32 Å². The minimum Gasteiger partial charge on any atom is -0.456 e. The van der Waals surface area contributed by atoms with E-state index in [1.807, 2.05) is 6.08 Å². The van der Waals surface area contributed by atoms with Crippen LogP contribution in [0.4, 0.5) is 0 Å². The van der Waals surface area contributed by atoms with E-state index in [1.54, 1.807) is 0 Å². The van der Waals surface area contributed by atoms with E-state index in [2.05, 4.69) is 67.8 Å². The maximum absolute atomic E-state index is 11.9. The zero-order valence-corrected chi connectivity index (χ0v) is 19.4. The molecule has 0 saturated carbocycles. The summed E-state index contributed by atoms with van der Waals surface area (Å²) in [5, 5.41) is 0.0960. The van der Waals surface area contributed by atoms with Gasteiger partial charge < -0.3 is 9.16 Å². The van der Waals surface area contributed by atoms with Gasteiger partial charge in [0, 0.05) is 12.5 Å². The molecule has 0 aromatic heterocycles. The highest BCUT2D eigenvalue weighted by molar-refractivity contribution is 6.74. The first kappa shape index (κ1) is 25.1. The first-order valence-electron chi connectivity index (χ1n) is 10.0. The summed E-state index contributed by atoms with van der Waals surface area (Å²) in [6.07, 6.45) is 6.71. The maximum Gasteiger partial charge on any atom is 0.330 e. The summed E-state index contributed by atoms with van der Waals surface area (Å²) in [6.45, 7) is 25.3. The summed E-state index contributed by atoms with van der Waals surface area (Å²) in [5.74, 6) is 0.395. The van der Waals surface area contributed by atoms with E-state index in [9.17, 15) is 4.79 Å². The predicted molar refractivity (Wildman–Crippen MR) is 115 cm³/mol. The Morgan fingerprint density at radius 1 is 1.19 bits per heavy atom. The molecule has 0 aliphatic heterocycles. The van der Waals surface area contributed by atoms with Crippen LogP contribution in [0, 0.1) is 11.8 Å². The van der Waals surface area contributed by atoms with Gasteiger partial charge in [-0.3, -0.25) is 0 Å². The van der Waals surface area contributed by atoms with Gasteiger partial charge in [-0.2, -0.15) is 0 Å². The Bertz CT molecular complexity index is 451. The molecule has 0 unspecified atom stereocenters. The predicted octanol–water partition coefficient (Wildman–Crippen LogP) is 6.51. The number of ether oxygens (including phenoxy) is 1. The lowest BCUT2D eigenvalue weighted by Gasteiger charge is -2.44. The van der Waals surface area contributed by atoms with Crippen molar-refractivity contribution in [3.8, 4) is 0 Å². The smallest absolute Gasteiger partial charge is 0.330 e. The largest absolute Gasteiger partial charge is 0.456 e. The average molecular weight is 383 g/mol. The topological polar surface area (TPSA) is 35.5 Å². The molecule has 0 bridgehead atoms. The van der Waals surface area contributed by atoms with Crippen LogP contribution in [0.2, 0.25) is 18.1 Å². The molecule has 0 aliphatic carbocycles. The second-order valence-corrected chi connectivity index (χ2v) is 13.8. The first-order chi connectivity index (χ1) is 11.9. The molecule has 0 fully saturated rings. The fourth-order valence-electron chi connectivity index (χ4n) is 2.76. The Hall–Kier alpha value is -0.873. The van der Waals surface area contributed by atoms with Gasteiger partial charge in [-0.25, -0.2) is 4.79 Å². The number of unbranched alkanes of at least 4 members (excludes halogenated alkanes) is 1. The monoisotopic (exact) mass is 382 g/mol. The Balaban J connectivity index is 5.69. The number of hydrogen-bond donors (Lipinski definition) is 0. The number of rotatable bonds is 12. The molecule has 4 heteroatoms. The quantitative estimate of drug-likeness (QED) is 0.167. The van der Waals surface area contributed by atoms with Crippen LogP contribution in [-0.4, -0.2) is 26.5 Å². The Morgan fingerprint density at radius 2 is 1.77 bits per heavy atom. The van der Waals surface area contributed by atoms with Crippen LogP contribution in [0.15, 0.2) is 25.3 Å². The van der Waals surface area contributed by atoms with E-state index < -0.39 is 14.3 Å². The van der Waals surface area contributed by atoms with Crippen LogP contribution in [0.5, 0.6) is 0 Å². The summed E-state index contributed by atoms with van der Waals surface area (Å²) >= 11 is 0. The fraction of sp³-hybridized carbons (Fsp3) is 0.773. The molecule has 0 spiro atoms. The number of esters is 1. The zero-order chi connectivity index (χ0) is 20.5. The lowest BCUT2D eigenvalue weighted by molar-refractivity contribution is -0.150. The molecule has 0 N–H and O–H groups in total. The Labute approximate surface area is 163 Å². The molecular formula is C22H42O3Si. The van der Waals surface area contributed by atoms with E-state index in [4.69, 9.17) is 9.16 Å². The third kappa shape index (κ3) is 7.79. The van der Waals surface area contributed by atoms with Gasteiger partial charge in [0.05, 0.1) is 6.10 Å². The highest BCUT2D eigenvalue weighted by Gasteiger charge is 2.43. The summed E-state index contributed by atoms with van der Waals surface area (Å²) < 4.78 is 12.5. The lowest BCUT2D eigenvalue weighted by Crippen LogP contribution is -2.51. The van der Waals surface area contributed by atoms with E-state index in [-0.39, 0.29) is 17.2 Å². The third-order valence-electron chi connectivity index (χ3n) is 5.87. The van der Waals surface area contributed by atoms with Crippen molar-refractivity contribution in [2.45, 2.75) is 97.6 Å². The van der Waals surface area contributed by atoms with Gasteiger partial charge in [0.1, 0.15) is 6.10 Å². The number of carbonyl (C=O) groups is 1. The van der Waals surface area contributed by atoms with Gasteiger partial charge in [-0.15, -0.1) is 6.58 Å². The maximum atomic E-state index is 11.9. The number of carbonyl (C=O) groups excluding carboxylic acids is 1. The minimum atomic E-state index is -2.01. The Morgan fingerprint density at radius 3 is 2.19 bits per heavy atom. The molecule has 0 aromatic rings. The molecule has 0 saturated heterocycles. The molecular weight excluding hydrogens is 340 g/mol. The third-order valence-corrected chi connectivity index (χ3v) is 10.3. The van der Waals surface area contributed by atoms with Gasteiger partial charge >= 0.3 is 5.97 Å². The van der Waals surface area contributed by atoms with E-state index in [1.165, 1.54) is 18.9 Å². The van der Waals surface area contributed by atoms with Crippen molar-refractivity contribution < 1.29 is 14.0 Å². The van der Waals surface area contributed by atoms with Crippen molar-refractivity contribution in [2.75, 3.05) is 0 Å². The first-order valence-corrected chi connectivity index (χ1v) is 12.9. The average Bonchev–Trinajstić information content (AvgIpc) is 2.55. The second-order valence-electron chi connectivity index (χ2n) is 9.03. The highest BCUT2D eigenvalue weighted by atomic mass is 28.4. The zero-order valence-electron chi connectivity index (χ0n) is 18.4. The van der Waals surface area contributed by atoms with Crippen molar-refractivity contribution in [1.82, 2.24) is 0 Å². The molecule has 0 heterocycles. The molecule has 3 nitrogen and oxygen atoms in total. The van der Waals surface area contributed by atoms with Crippen molar-refractivity contribution in [3.63, 3.8) is 0 Å². The van der Waals surface area contributed by atoms with Crippen molar-refractivity contribution in [2.24, 2.45) is 11.8 Å². The van der Waals surface area contributed by atoms with E-state index in [0.717, 1.165) is 6.42 Å². The molecule has 0 aliphatic rings. The van der Waals surface area contributed by atoms with Crippen LogP contribution in [0.1, 0.15) is 67.2 Å². The van der Waals surface area contributed by atoms with E-state index in [0.29, 0.717) is 18.3 Å². The second kappa shape index (κ2) is 11.1. The normalized spacial score (nSPS) is 17.1.